The Bertz CT molecular complexity index is 476. The number of nitro groups is 1. The second kappa shape index (κ2) is 6.69. The minimum Gasteiger partial charge on any atom is -0.396 e. The Hall–Kier alpha value is -2.15. The molecule has 0 atom stereocenters. The highest BCUT2D eigenvalue weighted by atomic mass is 16.6. The van der Waals surface area contributed by atoms with Crippen molar-refractivity contribution in [2.45, 2.75) is 13.3 Å². The average Bonchev–Trinajstić information content (AvgIpc) is 2.38. The molecule has 19 heavy (non-hydrogen) atoms. The number of aliphatic hydroxyl groups excluding tert-OH is 1. The summed E-state index contributed by atoms with van der Waals surface area (Å²) in [4.78, 5) is 24.0. The molecule has 7 nitrogen and oxygen atoms in total. The number of nitrogens with zero attached hydrogens (tertiary/aromatic N) is 2. The second-order valence-corrected chi connectivity index (χ2v) is 3.96. The van der Waals surface area contributed by atoms with Crippen LogP contribution in [0, 0.1) is 10.1 Å². The fraction of sp³-hybridized carbons (Fsp3) is 0.417. The van der Waals surface area contributed by atoms with E-state index >= 15 is 0 Å². The molecule has 3 N–H and O–H groups in total. The van der Waals surface area contributed by atoms with Gasteiger partial charge >= 0.3 is 5.69 Å². The number of carbonyl (C=O) groups excluding carboxylic acids is 1. The van der Waals surface area contributed by atoms with Gasteiger partial charge < -0.3 is 15.7 Å². The molecule has 0 aliphatic rings. The lowest BCUT2D eigenvalue weighted by Crippen LogP contribution is -2.32. The van der Waals surface area contributed by atoms with E-state index in [1.807, 2.05) is 0 Å². The summed E-state index contributed by atoms with van der Waals surface area (Å²) < 4.78 is 0. The Morgan fingerprint density at radius 1 is 1.53 bits per heavy atom. The molecular formula is C12H17N3O4. The molecule has 0 fully saturated rings. The van der Waals surface area contributed by atoms with E-state index in [-0.39, 0.29) is 23.5 Å². The molecule has 0 aliphatic heterocycles. The monoisotopic (exact) mass is 267 g/mol. The van der Waals surface area contributed by atoms with Gasteiger partial charge in [-0.05, 0) is 25.5 Å². The van der Waals surface area contributed by atoms with E-state index in [4.69, 9.17) is 10.8 Å². The molecule has 104 valence electrons. The summed E-state index contributed by atoms with van der Waals surface area (Å²) in [6.07, 6.45) is 0.426. The predicted octanol–water partition coefficient (Wildman–Crippen LogP) is 1.02. The maximum Gasteiger partial charge on any atom is 0.304 e. The zero-order valence-corrected chi connectivity index (χ0v) is 10.7. The van der Waals surface area contributed by atoms with Gasteiger partial charge in [0.15, 0.2) is 0 Å². The van der Waals surface area contributed by atoms with Crippen LogP contribution in [-0.2, 0) is 0 Å². The Morgan fingerprint density at radius 3 is 2.74 bits per heavy atom. The highest BCUT2D eigenvalue weighted by molar-refractivity contribution is 6.00. The van der Waals surface area contributed by atoms with Crippen LogP contribution in [0.15, 0.2) is 18.2 Å². The van der Waals surface area contributed by atoms with E-state index in [9.17, 15) is 14.9 Å². The molecule has 0 bridgehead atoms. The summed E-state index contributed by atoms with van der Waals surface area (Å²) in [5, 5.41) is 19.8. The number of aliphatic hydroxyl groups is 1. The van der Waals surface area contributed by atoms with Crippen molar-refractivity contribution in [2.24, 2.45) is 0 Å². The molecule has 1 rings (SSSR count). The van der Waals surface area contributed by atoms with E-state index in [2.05, 4.69) is 0 Å². The third-order valence-corrected chi connectivity index (χ3v) is 2.74. The van der Waals surface area contributed by atoms with Crippen LogP contribution >= 0.6 is 0 Å². The summed E-state index contributed by atoms with van der Waals surface area (Å²) in [6.45, 7) is 2.48. The summed E-state index contributed by atoms with van der Waals surface area (Å²) in [5.74, 6) is -0.449. The van der Waals surface area contributed by atoms with Gasteiger partial charge in [0, 0.05) is 19.7 Å². The first-order chi connectivity index (χ1) is 9.02. The van der Waals surface area contributed by atoms with Crippen LogP contribution in [-0.4, -0.2) is 40.5 Å². The molecule has 0 aliphatic carbocycles. The van der Waals surface area contributed by atoms with Crippen LogP contribution in [0.3, 0.4) is 0 Å². The van der Waals surface area contributed by atoms with Crippen LogP contribution in [0.1, 0.15) is 23.7 Å². The minimum absolute atomic E-state index is 0.0233. The molecule has 0 heterocycles. The number of benzene rings is 1. The third kappa shape index (κ3) is 3.41. The SMILES string of the molecule is CCN(CCCO)C(=O)c1cccc(N)c1[N+](=O)[O-]. The summed E-state index contributed by atoms with van der Waals surface area (Å²) in [5.41, 5.74) is 5.13. The number of rotatable bonds is 6. The largest absolute Gasteiger partial charge is 0.396 e. The Morgan fingerprint density at radius 2 is 2.21 bits per heavy atom. The highest BCUT2D eigenvalue weighted by Crippen LogP contribution is 2.27. The molecule has 0 radical (unpaired) electrons. The summed E-state index contributed by atoms with van der Waals surface area (Å²) >= 11 is 0. The topological polar surface area (TPSA) is 110 Å². The van der Waals surface area contributed by atoms with E-state index in [0.717, 1.165) is 0 Å². The van der Waals surface area contributed by atoms with Gasteiger partial charge in [-0.3, -0.25) is 14.9 Å². The van der Waals surface area contributed by atoms with Crippen molar-refractivity contribution in [1.29, 1.82) is 0 Å². The van der Waals surface area contributed by atoms with Gasteiger partial charge in [0.2, 0.25) is 0 Å². The van der Waals surface area contributed by atoms with Gasteiger partial charge in [0.25, 0.3) is 5.91 Å². The van der Waals surface area contributed by atoms with Gasteiger partial charge in [-0.2, -0.15) is 0 Å². The first kappa shape index (κ1) is 14.9. The number of hydrogen-bond acceptors (Lipinski definition) is 5. The van der Waals surface area contributed by atoms with Crippen molar-refractivity contribution < 1.29 is 14.8 Å². The Balaban J connectivity index is 3.11. The minimum atomic E-state index is -0.650. The zero-order valence-electron chi connectivity index (χ0n) is 10.7. The fourth-order valence-electron chi connectivity index (χ4n) is 1.77. The molecule has 7 heteroatoms. The number of nitro benzene ring substituents is 1. The van der Waals surface area contributed by atoms with Crippen molar-refractivity contribution in [3.8, 4) is 0 Å². The standard InChI is InChI=1S/C12H17N3O4/c1-2-14(7-4-8-16)12(17)9-5-3-6-10(13)11(9)15(18)19/h3,5-6,16H,2,4,7-8,13H2,1H3. The molecule has 1 aromatic carbocycles. The lowest BCUT2D eigenvalue weighted by molar-refractivity contribution is -0.384. The third-order valence-electron chi connectivity index (χ3n) is 2.74. The molecule has 0 saturated carbocycles. The average molecular weight is 267 g/mol. The van der Waals surface area contributed by atoms with Crippen molar-refractivity contribution in [2.75, 3.05) is 25.4 Å². The normalized spacial score (nSPS) is 10.2. The number of nitrogens with two attached hydrogens (primary N) is 1. The fourth-order valence-corrected chi connectivity index (χ4v) is 1.77. The van der Waals surface area contributed by atoms with Crippen LogP contribution in [0.4, 0.5) is 11.4 Å². The second-order valence-electron chi connectivity index (χ2n) is 3.96. The molecule has 0 unspecified atom stereocenters. The molecule has 1 aromatic rings. The number of nitrogen functional groups attached to an aromatic ring is 1. The predicted molar refractivity (Wildman–Crippen MR) is 70.8 cm³/mol. The number of hydrogen-bond donors (Lipinski definition) is 2. The van der Waals surface area contributed by atoms with Crippen molar-refractivity contribution >= 4 is 17.3 Å². The first-order valence-corrected chi connectivity index (χ1v) is 5.95. The van der Waals surface area contributed by atoms with E-state index in [0.29, 0.717) is 19.5 Å². The van der Waals surface area contributed by atoms with Crippen LogP contribution < -0.4 is 5.73 Å². The van der Waals surface area contributed by atoms with Crippen LogP contribution in [0.2, 0.25) is 0 Å². The Labute approximate surface area is 110 Å². The maximum atomic E-state index is 12.2. The summed E-state index contributed by atoms with van der Waals surface area (Å²) in [7, 11) is 0. The van der Waals surface area contributed by atoms with Gasteiger partial charge in [0.1, 0.15) is 11.3 Å². The molecule has 0 spiro atoms. The van der Waals surface area contributed by atoms with E-state index < -0.39 is 10.8 Å². The van der Waals surface area contributed by atoms with Gasteiger partial charge in [-0.1, -0.05) is 6.07 Å². The van der Waals surface area contributed by atoms with Crippen LogP contribution in [0.5, 0.6) is 0 Å². The van der Waals surface area contributed by atoms with Crippen molar-refractivity contribution in [3.05, 3.63) is 33.9 Å². The smallest absolute Gasteiger partial charge is 0.304 e. The number of anilines is 1. The van der Waals surface area contributed by atoms with Gasteiger partial charge in [-0.15, -0.1) is 0 Å². The lowest BCUT2D eigenvalue weighted by Gasteiger charge is -2.20. The zero-order chi connectivity index (χ0) is 14.4. The van der Waals surface area contributed by atoms with E-state index in [1.54, 1.807) is 6.92 Å². The number of amides is 1. The van der Waals surface area contributed by atoms with Crippen molar-refractivity contribution in [3.63, 3.8) is 0 Å². The number of carbonyl (C=O) groups is 1. The van der Waals surface area contributed by atoms with Gasteiger partial charge in [-0.25, -0.2) is 0 Å². The van der Waals surface area contributed by atoms with Crippen molar-refractivity contribution in [1.82, 2.24) is 4.90 Å². The molecule has 1 amide bonds. The lowest BCUT2D eigenvalue weighted by atomic mass is 10.1. The summed E-state index contributed by atoms with van der Waals surface area (Å²) in [6, 6.07) is 4.28. The van der Waals surface area contributed by atoms with E-state index in [1.165, 1.54) is 23.1 Å². The highest BCUT2D eigenvalue weighted by Gasteiger charge is 2.25. The molecular weight excluding hydrogens is 250 g/mol. The number of para-hydroxylation sites is 1. The Kier molecular flexibility index (Phi) is 5.25. The van der Waals surface area contributed by atoms with Crippen LogP contribution in [0.25, 0.3) is 0 Å². The maximum absolute atomic E-state index is 12.2. The quantitative estimate of drug-likeness (QED) is 0.454. The molecule has 0 saturated heterocycles. The molecule has 0 aromatic heterocycles. The van der Waals surface area contributed by atoms with Gasteiger partial charge in [0.05, 0.1) is 4.92 Å². The first-order valence-electron chi connectivity index (χ1n) is 5.95.